The first-order chi connectivity index (χ1) is 11.7. The molecular weight excluding hydrogens is 300 g/mol. The smallest absolute Gasteiger partial charge is 0.136 e. The molecule has 0 aliphatic heterocycles. The molecule has 0 amide bonds. The number of methoxy groups -OCH3 is 2. The van der Waals surface area contributed by atoms with Gasteiger partial charge < -0.3 is 9.47 Å². The van der Waals surface area contributed by atoms with Crippen LogP contribution in [0.4, 0.5) is 0 Å². The van der Waals surface area contributed by atoms with Gasteiger partial charge in [0.1, 0.15) is 17.3 Å². The SMILES string of the molecule is COc1ccc(OC)c2c1C1CCC2C2C3CCC(CCC3=O)C12. The Bertz CT molecular complexity index is 695. The monoisotopic (exact) mass is 326 g/mol. The fourth-order valence-electron chi connectivity index (χ4n) is 6.87. The Labute approximate surface area is 143 Å². The van der Waals surface area contributed by atoms with E-state index >= 15 is 0 Å². The average molecular weight is 326 g/mol. The van der Waals surface area contributed by atoms with Crippen molar-refractivity contribution in [3.63, 3.8) is 0 Å². The summed E-state index contributed by atoms with van der Waals surface area (Å²) in [5, 5.41) is 0. The van der Waals surface area contributed by atoms with Crippen LogP contribution in [0.5, 0.6) is 11.5 Å². The third kappa shape index (κ3) is 1.76. The molecule has 3 heteroatoms. The molecule has 0 spiro atoms. The number of carbonyl (C=O) groups is 1. The van der Waals surface area contributed by atoms with Crippen LogP contribution in [0.1, 0.15) is 61.5 Å². The van der Waals surface area contributed by atoms with Crippen molar-refractivity contribution >= 4 is 5.78 Å². The molecule has 128 valence electrons. The van der Waals surface area contributed by atoms with Crippen LogP contribution in [0.15, 0.2) is 12.1 Å². The van der Waals surface area contributed by atoms with E-state index < -0.39 is 0 Å². The maximum absolute atomic E-state index is 12.7. The second-order valence-corrected chi connectivity index (χ2v) is 8.19. The number of benzene rings is 1. The highest BCUT2D eigenvalue weighted by atomic mass is 16.5. The van der Waals surface area contributed by atoms with Crippen molar-refractivity contribution < 1.29 is 14.3 Å². The average Bonchev–Trinajstić information content (AvgIpc) is 2.91. The topological polar surface area (TPSA) is 35.5 Å². The van der Waals surface area contributed by atoms with E-state index in [1.54, 1.807) is 14.2 Å². The first-order valence-electron chi connectivity index (χ1n) is 9.52. The highest BCUT2D eigenvalue weighted by molar-refractivity contribution is 5.82. The fraction of sp³-hybridized carbons (Fsp3) is 0.667. The maximum Gasteiger partial charge on any atom is 0.136 e. The van der Waals surface area contributed by atoms with Gasteiger partial charge in [0.25, 0.3) is 0 Å². The van der Waals surface area contributed by atoms with Gasteiger partial charge in [-0.1, -0.05) is 0 Å². The molecule has 6 unspecified atom stereocenters. The molecular formula is C21H26O3. The molecule has 0 radical (unpaired) electrons. The molecule has 7 rings (SSSR count). The number of ether oxygens (including phenoxy) is 2. The standard InChI is InChI=1S/C21H26O3/c1-23-16-9-10-17(24-2)21-14-7-6-13(20(16)21)18-11-3-5-12(19(14)18)15(22)8-4-11/h9-14,18-19H,3-8H2,1-2H3. The number of hydrogen-bond donors (Lipinski definition) is 0. The molecule has 6 aliphatic rings. The molecule has 4 fully saturated rings. The summed E-state index contributed by atoms with van der Waals surface area (Å²) < 4.78 is 11.5. The van der Waals surface area contributed by atoms with Gasteiger partial charge in [-0.05, 0) is 73.8 Å². The predicted octanol–water partition coefficient (Wildman–Crippen LogP) is 4.30. The molecule has 6 aliphatic carbocycles. The lowest BCUT2D eigenvalue weighted by Gasteiger charge is -2.56. The van der Waals surface area contributed by atoms with E-state index in [9.17, 15) is 4.79 Å². The lowest BCUT2D eigenvalue weighted by Crippen LogP contribution is -2.48. The minimum Gasteiger partial charge on any atom is -0.496 e. The van der Waals surface area contributed by atoms with Gasteiger partial charge in [0.05, 0.1) is 14.2 Å². The zero-order valence-electron chi connectivity index (χ0n) is 14.6. The first kappa shape index (κ1) is 14.8. The molecule has 4 saturated carbocycles. The number of rotatable bonds is 2. The lowest BCUT2D eigenvalue weighted by atomic mass is 9.48. The third-order valence-corrected chi connectivity index (χ3v) is 7.58. The molecule has 1 aromatic carbocycles. The van der Waals surface area contributed by atoms with Crippen LogP contribution in [0.3, 0.4) is 0 Å². The van der Waals surface area contributed by atoms with Crippen molar-refractivity contribution in [3.8, 4) is 11.5 Å². The van der Waals surface area contributed by atoms with Gasteiger partial charge in [-0.25, -0.2) is 0 Å². The van der Waals surface area contributed by atoms with Crippen LogP contribution in [-0.2, 0) is 4.79 Å². The van der Waals surface area contributed by atoms with E-state index in [-0.39, 0.29) is 0 Å². The summed E-state index contributed by atoms with van der Waals surface area (Å²) in [5.74, 6) is 5.88. The van der Waals surface area contributed by atoms with Gasteiger partial charge in [-0.2, -0.15) is 0 Å². The second kappa shape index (κ2) is 5.24. The molecule has 6 atom stereocenters. The summed E-state index contributed by atoms with van der Waals surface area (Å²) in [6.07, 6.45) is 6.75. The summed E-state index contributed by atoms with van der Waals surface area (Å²) in [6, 6.07) is 4.14. The van der Waals surface area contributed by atoms with Crippen molar-refractivity contribution in [1.29, 1.82) is 0 Å². The van der Waals surface area contributed by atoms with Gasteiger partial charge in [0.15, 0.2) is 0 Å². The summed E-state index contributed by atoms with van der Waals surface area (Å²) in [7, 11) is 3.55. The van der Waals surface area contributed by atoms with Crippen molar-refractivity contribution in [3.05, 3.63) is 23.3 Å². The van der Waals surface area contributed by atoms with Crippen LogP contribution >= 0.6 is 0 Å². The second-order valence-electron chi connectivity index (χ2n) is 8.19. The quantitative estimate of drug-likeness (QED) is 0.813. The van der Waals surface area contributed by atoms with Crippen LogP contribution in [-0.4, -0.2) is 20.0 Å². The van der Waals surface area contributed by atoms with Crippen LogP contribution in [0.2, 0.25) is 0 Å². The minimum atomic E-state index is 0.297. The molecule has 0 heterocycles. The molecule has 0 saturated heterocycles. The van der Waals surface area contributed by atoms with Gasteiger partial charge in [0.2, 0.25) is 0 Å². The van der Waals surface area contributed by atoms with Crippen molar-refractivity contribution in [2.75, 3.05) is 14.2 Å². The van der Waals surface area contributed by atoms with Gasteiger partial charge >= 0.3 is 0 Å². The van der Waals surface area contributed by atoms with E-state index in [2.05, 4.69) is 12.1 Å². The van der Waals surface area contributed by atoms with Crippen molar-refractivity contribution in [2.45, 2.75) is 50.4 Å². The number of carbonyl (C=O) groups excluding carboxylic acids is 1. The Kier molecular flexibility index (Phi) is 3.23. The highest BCUT2D eigenvalue weighted by Crippen LogP contribution is 2.67. The predicted molar refractivity (Wildman–Crippen MR) is 91.7 cm³/mol. The zero-order valence-corrected chi connectivity index (χ0v) is 14.6. The van der Waals surface area contributed by atoms with Crippen molar-refractivity contribution in [1.82, 2.24) is 0 Å². The van der Waals surface area contributed by atoms with Crippen LogP contribution < -0.4 is 9.47 Å². The zero-order chi connectivity index (χ0) is 16.4. The van der Waals surface area contributed by atoms with Crippen LogP contribution in [0, 0.1) is 23.7 Å². The minimum absolute atomic E-state index is 0.297. The van der Waals surface area contributed by atoms with E-state index in [4.69, 9.17) is 9.47 Å². The number of ketones is 1. The van der Waals surface area contributed by atoms with Gasteiger partial charge in [-0.3, -0.25) is 4.79 Å². The van der Waals surface area contributed by atoms with E-state index in [1.807, 2.05) is 0 Å². The number of hydrogen-bond acceptors (Lipinski definition) is 3. The Balaban J connectivity index is 1.73. The third-order valence-electron chi connectivity index (χ3n) is 7.58. The molecule has 3 nitrogen and oxygen atoms in total. The first-order valence-corrected chi connectivity index (χ1v) is 9.52. The highest BCUT2D eigenvalue weighted by Gasteiger charge is 2.57. The normalized spacial score (nSPS) is 39.2. The van der Waals surface area contributed by atoms with Gasteiger partial charge in [0, 0.05) is 23.5 Å². The summed E-state index contributed by atoms with van der Waals surface area (Å²) in [6.45, 7) is 0. The van der Waals surface area contributed by atoms with E-state index in [0.29, 0.717) is 35.4 Å². The Morgan fingerprint density at radius 1 is 0.792 bits per heavy atom. The molecule has 0 N–H and O–H groups in total. The summed E-state index contributed by atoms with van der Waals surface area (Å²) >= 11 is 0. The molecule has 0 aromatic heterocycles. The van der Waals surface area contributed by atoms with Crippen molar-refractivity contribution in [2.24, 2.45) is 23.7 Å². The summed E-state index contributed by atoms with van der Waals surface area (Å²) in [4.78, 5) is 12.7. The summed E-state index contributed by atoms with van der Waals surface area (Å²) in [5.41, 5.74) is 2.78. The van der Waals surface area contributed by atoms with E-state index in [1.165, 1.54) is 30.4 Å². The lowest BCUT2D eigenvalue weighted by molar-refractivity contribution is -0.126. The van der Waals surface area contributed by atoms with Gasteiger partial charge in [-0.15, -0.1) is 0 Å². The molecule has 1 aromatic rings. The number of fused-ring (bicyclic) bond motifs is 4. The number of Topliss-reactive ketones (excluding diaryl/α,β-unsaturated/α-hetero) is 1. The van der Waals surface area contributed by atoms with E-state index in [0.717, 1.165) is 36.7 Å². The Morgan fingerprint density at radius 3 is 2.00 bits per heavy atom. The Hall–Kier alpha value is -1.51. The largest absolute Gasteiger partial charge is 0.496 e. The molecule has 4 bridgehead atoms. The maximum atomic E-state index is 12.7. The van der Waals surface area contributed by atoms with Crippen LogP contribution in [0.25, 0.3) is 0 Å². The Morgan fingerprint density at radius 2 is 1.38 bits per heavy atom. The fourth-order valence-corrected chi connectivity index (χ4v) is 6.87. The molecule has 24 heavy (non-hydrogen) atoms.